The van der Waals surface area contributed by atoms with E-state index in [2.05, 4.69) is 15.5 Å². The number of benzene rings is 2. The maximum Gasteiger partial charge on any atom is 0.284 e. The molecular formula is C20H14FN3O3. The minimum Gasteiger partial charge on any atom is -0.459 e. The predicted molar refractivity (Wildman–Crippen MR) is 96.5 cm³/mol. The first kappa shape index (κ1) is 16.7. The monoisotopic (exact) mass is 363 g/mol. The summed E-state index contributed by atoms with van der Waals surface area (Å²) in [6.07, 6.45) is 1.55. The zero-order valence-electron chi connectivity index (χ0n) is 14.3. The molecule has 134 valence electrons. The molecule has 0 bridgehead atoms. The molecule has 7 heteroatoms. The normalized spacial score (nSPS) is 10.7. The maximum absolute atomic E-state index is 13.8. The highest BCUT2D eigenvalue weighted by atomic mass is 19.1. The number of nitrogens with one attached hydrogen (secondary N) is 1. The van der Waals surface area contributed by atoms with E-state index in [1.807, 2.05) is 6.92 Å². The third-order valence-corrected chi connectivity index (χ3v) is 3.97. The standard InChI is InChI=1S/C20H14FN3O3/c1-12-9-10-26-17(12)20-24-23-19(27-20)13-5-4-6-14(11-13)22-18(25)15-7-2-3-8-16(15)21/h2-11H,1H3,(H,22,25). The van der Waals surface area contributed by atoms with Crippen molar-refractivity contribution in [1.29, 1.82) is 0 Å². The second kappa shape index (κ2) is 6.87. The van der Waals surface area contributed by atoms with Gasteiger partial charge in [-0.05, 0) is 43.3 Å². The Hall–Kier alpha value is -3.74. The van der Waals surface area contributed by atoms with Crippen LogP contribution in [-0.2, 0) is 0 Å². The number of aromatic nitrogens is 2. The van der Waals surface area contributed by atoms with Gasteiger partial charge in [0, 0.05) is 16.8 Å². The van der Waals surface area contributed by atoms with Crippen molar-refractivity contribution in [2.45, 2.75) is 6.92 Å². The van der Waals surface area contributed by atoms with Gasteiger partial charge in [0.15, 0.2) is 5.76 Å². The highest BCUT2D eigenvalue weighted by molar-refractivity contribution is 6.04. The molecule has 1 N–H and O–H groups in total. The molecule has 0 aliphatic carbocycles. The lowest BCUT2D eigenvalue weighted by molar-refractivity contribution is 0.102. The van der Waals surface area contributed by atoms with Crippen LogP contribution in [0.5, 0.6) is 0 Å². The zero-order valence-corrected chi connectivity index (χ0v) is 14.3. The molecule has 0 saturated carbocycles. The fourth-order valence-electron chi connectivity index (χ4n) is 2.60. The smallest absolute Gasteiger partial charge is 0.284 e. The first-order chi connectivity index (χ1) is 13.1. The number of hydrogen-bond donors (Lipinski definition) is 1. The van der Waals surface area contributed by atoms with E-state index >= 15 is 0 Å². The Labute approximate surface area is 153 Å². The Balaban J connectivity index is 1.58. The molecule has 0 fully saturated rings. The van der Waals surface area contributed by atoms with E-state index in [1.54, 1.807) is 42.7 Å². The molecule has 2 aromatic heterocycles. The number of furan rings is 1. The molecule has 4 aromatic rings. The summed E-state index contributed by atoms with van der Waals surface area (Å²) in [5.74, 6) is -0.0574. The van der Waals surface area contributed by atoms with Crippen LogP contribution in [0.1, 0.15) is 15.9 Å². The van der Waals surface area contributed by atoms with E-state index in [9.17, 15) is 9.18 Å². The Morgan fingerprint density at radius 1 is 1.04 bits per heavy atom. The number of anilines is 1. The van der Waals surface area contributed by atoms with Gasteiger partial charge in [-0.15, -0.1) is 10.2 Å². The zero-order chi connectivity index (χ0) is 18.8. The quantitative estimate of drug-likeness (QED) is 0.568. The molecule has 2 aromatic carbocycles. The fourth-order valence-corrected chi connectivity index (χ4v) is 2.60. The minimum atomic E-state index is -0.582. The molecule has 27 heavy (non-hydrogen) atoms. The summed E-state index contributed by atoms with van der Waals surface area (Å²) in [5.41, 5.74) is 1.95. The van der Waals surface area contributed by atoms with Crippen molar-refractivity contribution in [3.8, 4) is 23.1 Å². The number of carbonyl (C=O) groups excluding carboxylic acids is 1. The van der Waals surface area contributed by atoms with Gasteiger partial charge in [-0.2, -0.15) is 0 Å². The van der Waals surface area contributed by atoms with Gasteiger partial charge in [0.25, 0.3) is 11.8 Å². The van der Waals surface area contributed by atoms with Crippen LogP contribution in [0.4, 0.5) is 10.1 Å². The lowest BCUT2D eigenvalue weighted by Gasteiger charge is -2.07. The van der Waals surface area contributed by atoms with Crippen LogP contribution in [0.2, 0.25) is 0 Å². The Kier molecular flexibility index (Phi) is 4.25. The van der Waals surface area contributed by atoms with Crippen molar-refractivity contribution in [3.63, 3.8) is 0 Å². The number of nitrogens with zero attached hydrogens (tertiary/aromatic N) is 2. The SMILES string of the molecule is Cc1ccoc1-c1nnc(-c2cccc(NC(=O)c3ccccc3F)c2)o1. The van der Waals surface area contributed by atoms with E-state index in [1.165, 1.54) is 18.2 Å². The summed E-state index contributed by atoms with van der Waals surface area (Å²) in [5, 5.41) is 10.7. The number of hydrogen-bond acceptors (Lipinski definition) is 5. The van der Waals surface area contributed by atoms with E-state index in [0.717, 1.165) is 5.56 Å². The third-order valence-electron chi connectivity index (χ3n) is 3.97. The summed E-state index contributed by atoms with van der Waals surface area (Å²) in [4.78, 5) is 12.3. The number of halogens is 1. The topological polar surface area (TPSA) is 81.2 Å². The molecule has 0 aliphatic heterocycles. The van der Waals surface area contributed by atoms with Crippen molar-refractivity contribution in [2.24, 2.45) is 0 Å². The second-order valence-electron chi connectivity index (χ2n) is 5.86. The van der Waals surface area contributed by atoms with Gasteiger partial charge in [0.05, 0.1) is 11.8 Å². The lowest BCUT2D eigenvalue weighted by atomic mass is 10.1. The van der Waals surface area contributed by atoms with Gasteiger partial charge >= 0.3 is 0 Å². The third kappa shape index (κ3) is 3.35. The van der Waals surface area contributed by atoms with Gasteiger partial charge in [0.2, 0.25) is 5.89 Å². The molecule has 0 atom stereocenters. The summed E-state index contributed by atoms with van der Waals surface area (Å²) in [6.45, 7) is 1.88. The summed E-state index contributed by atoms with van der Waals surface area (Å²) < 4.78 is 24.8. The van der Waals surface area contributed by atoms with E-state index in [4.69, 9.17) is 8.83 Å². The maximum atomic E-state index is 13.8. The minimum absolute atomic E-state index is 0.0312. The van der Waals surface area contributed by atoms with Crippen molar-refractivity contribution < 1.29 is 18.0 Å². The molecule has 1 amide bonds. The summed E-state index contributed by atoms with van der Waals surface area (Å²) >= 11 is 0. The molecule has 6 nitrogen and oxygen atoms in total. The van der Waals surface area contributed by atoms with Crippen molar-refractivity contribution in [1.82, 2.24) is 10.2 Å². The van der Waals surface area contributed by atoms with Crippen molar-refractivity contribution >= 4 is 11.6 Å². The van der Waals surface area contributed by atoms with Crippen LogP contribution in [0.15, 0.2) is 69.7 Å². The van der Waals surface area contributed by atoms with Crippen molar-refractivity contribution in [2.75, 3.05) is 5.32 Å². The highest BCUT2D eigenvalue weighted by Crippen LogP contribution is 2.28. The average molecular weight is 363 g/mol. The molecule has 0 radical (unpaired) electrons. The molecular weight excluding hydrogens is 349 g/mol. The average Bonchev–Trinajstić information content (AvgIpc) is 3.31. The number of aryl methyl sites for hydroxylation is 1. The van der Waals surface area contributed by atoms with Gasteiger partial charge in [0.1, 0.15) is 5.82 Å². The summed E-state index contributed by atoms with van der Waals surface area (Å²) in [7, 11) is 0. The molecule has 0 unspecified atom stereocenters. The molecule has 2 heterocycles. The lowest BCUT2D eigenvalue weighted by Crippen LogP contribution is -2.13. The molecule has 0 saturated heterocycles. The van der Waals surface area contributed by atoms with Gasteiger partial charge in [-0.3, -0.25) is 4.79 Å². The number of carbonyl (C=O) groups is 1. The van der Waals surface area contributed by atoms with Crippen LogP contribution in [-0.4, -0.2) is 16.1 Å². The largest absolute Gasteiger partial charge is 0.459 e. The first-order valence-electron chi connectivity index (χ1n) is 8.16. The van der Waals surface area contributed by atoms with E-state index in [0.29, 0.717) is 17.0 Å². The van der Waals surface area contributed by atoms with Crippen LogP contribution in [0.3, 0.4) is 0 Å². The predicted octanol–water partition coefficient (Wildman–Crippen LogP) is 4.70. The van der Waals surface area contributed by atoms with Crippen LogP contribution in [0, 0.1) is 12.7 Å². The second-order valence-corrected chi connectivity index (χ2v) is 5.86. The van der Waals surface area contributed by atoms with Crippen LogP contribution < -0.4 is 5.32 Å². The fraction of sp³-hybridized carbons (Fsp3) is 0.0500. The Morgan fingerprint density at radius 2 is 1.85 bits per heavy atom. The van der Waals surface area contributed by atoms with Crippen LogP contribution in [0.25, 0.3) is 23.1 Å². The van der Waals surface area contributed by atoms with E-state index in [-0.39, 0.29) is 17.3 Å². The summed E-state index contributed by atoms with van der Waals surface area (Å²) in [6, 6.07) is 14.5. The van der Waals surface area contributed by atoms with E-state index < -0.39 is 11.7 Å². The Bertz CT molecular complexity index is 1120. The van der Waals surface area contributed by atoms with Crippen molar-refractivity contribution in [3.05, 3.63) is 77.8 Å². The molecule has 4 rings (SSSR count). The van der Waals surface area contributed by atoms with Gasteiger partial charge in [-0.1, -0.05) is 18.2 Å². The number of rotatable bonds is 4. The Morgan fingerprint density at radius 3 is 2.63 bits per heavy atom. The first-order valence-corrected chi connectivity index (χ1v) is 8.16. The van der Waals surface area contributed by atoms with Crippen LogP contribution >= 0.6 is 0 Å². The molecule has 0 aliphatic rings. The van der Waals surface area contributed by atoms with Gasteiger partial charge < -0.3 is 14.2 Å². The molecule has 0 spiro atoms. The number of amides is 1. The highest BCUT2D eigenvalue weighted by Gasteiger charge is 2.16. The van der Waals surface area contributed by atoms with Gasteiger partial charge in [-0.25, -0.2) is 4.39 Å².